The molecule has 1 unspecified atom stereocenters. The predicted molar refractivity (Wildman–Crippen MR) is 69.9 cm³/mol. The summed E-state index contributed by atoms with van der Waals surface area (Å²) in [5, 5.41) is 7.52. The van der Waals surface area contributed by atoms with E-state index in [1.165, 1.54) is 6.07 Å². The first-order valence-electron chi connectivity index (χ1n) is 5.38. The highest BCUT2D eigenvalue weighted by molar-refractivity contribution is 9.10. The van der Waals surface area contributed by atoms with E-state index in [9.17, 15) is 4.39 Å². The number of nitrogens with two attached hydrogens (primary N) is 1. The van der Waals surface area contributed by atoms with Gasteiger partial charge in [0.1, 0.15) is 5.82 Å². The molecule has 6 heteroatoms. The van der Waals surface area contributed by atoms with Gasteiger partial charge in [-0.2, -0.15) is 10.2 Å². The van der Waals surface area contributed by atoms with Gasteiger partial charge >= 0.3 is 0 Å². The number of aromatic nitrogens is 2. The molecule has 3 N–H and O–H groups in total. The Balaban J connectivity index is 2.24. The van der Waals surface area contributed by atoms with Gasteiger partial charge in [0, 0.05) is 6.20 Å². The molecule has 2 rings (SSSR count). The summed E-state index contributed by atoms with van der Waals surface area (Å²) in [6, 6.07) is 6.62. The summed E-state index contributed by atoms with van der Waals surface area (Å²) >= 11 is 3.24. The summed E-state index contributed by atoms with van der Waals surface area (Å²) in [5.41, 5.74) is 4.45. The molecule has 0 radical (unpaired) electrons. The lowest BCUT2D eigenvalue weighted by Crippen LogP contribution is -2.29. The fourth-order valence-electron chi connectivity index (χ4n) is 1.71. The van der Waals surface area contributed by atoms with Crippen LogP contribution in [0.4, 0.5) is 4.39 Å². The zero-order valence-electron chi connectivity index (χ0n) is 9.48. The molecule has 0 saturated heterocycles. The van der Waals surface area contributed by atoms with Gasteiger partial charge in [-0.05, 0) is 45.6 Å². The molecule has 0 fully saturated rings. The highest BCUT2D eigenvalue weighted by atomic mass is 79.9. The Bertz CT molecular complexity index is 521. The summed E-state index contributed by atoms with van der Waals surface area (Å²) in [6.07, 6.45) is 3.79. The summed E-state index contributed by atoms with van der Waals surface area (Å²) in [5.74, 6) is 5.25. The maximum Gasteiger partial charge on any atom is 0.137 e. The summed E-state index contributed by atoms with van der Waals surface area (Å²) in [6.45, 7) is 0. The van der Waals surface area contributed by atoms with Crippen molar-refractivity contribution in [1.82, 2.24) is 15.6 Å². The molecule has 4 nitrogen and oxygen atoms in total. The van der Waals surface area contributed by atoms with Crippen LogP contribution < -0.4 is 11.3 Å². The number of hydrogen-bond donors (Lipinski definition) is 2. The smallest absolute Gasteiger partial charge is 0.137 e. The Morgan fingerprint density at radius 3 is 2.83 bits per heavy atom. The van der Waals surface area contributed by atoms with Crippen molar-refractivity contribution in [1.29, 1.82) is 0 Å². The van der Waals surface area contributed by atoms with Gasteiger partial charge < -0.3 is 0 Å². The van der Waals surface area contributed by atoms with E-state index in [2.05, 4.69) is 31.6 Å². The molecular weight excluding hydrogens is 299 g/mol. The number of benzene rings is 1. The molecule has 0 aliphatic heterocycles. The summed E-state index contributed by atoms with van der Waals surface area (Å²) in [4.78, 5) is 0. The average molecular weight is 311 g/mol. The number of nitrogens with zero attached hydrogens (tertiary/aromatic N) is 2. The van der Waals surface area contributed by atoms with Crippen molar-refractivity contribution >= 4 is 15.9 Å². The lowest BCUT2D eigenvalue weighted by molar-refractivity contribution is 0.543. The molecule has 1 heterocycles. The first-order valence-corrected chi connectivity index (χ1v) is 6.17. The van der Waals surface area contributed by atoms with Gasteiger partial charge in [0.2, 0.25) is 0 Å². The van der Waals surface area contributed by atoms with Crippen LogP contribution in [0.1, 0.15) is 17.2 Å². The molecule has 0 aliphatic rings. The van der Waals surface area contributed by atoms with Crippen molar-refractivity contribution in [2.24, 2.45) is 5.84 Å². The summed E-state index contributed by atoms with van der Waals surface area (Å²) < 4.78 is 13.9. The molecule has 1 aromatic carbocycles. The molecule has 0 aliphatic carbocycles. The van der Waals surface area contributed by atoms with E-state index >= 15 is 0 Å². The van der Waals surface area contributed by atoms with Crippen LogP contribution >= 0.6 is 15.9 Å². The van der Waals surface area contributed by atoms with Crippen molar-refractivity contribution in [3.8, 4) is 0 Å². The van der Waals surface area contributed by atoms with E-state index in [-0.39, 0.29) is 11.9 Å². The third kappa shape index (κ3) is 2.90. The Labute approximate surface area is 113 Å². The van der Waals surface area contributed by atoms with Crippen molar-refractivity contribution in [3.63, 3.8) is 0 Å². The molecule has 1 atom stereocenters. The molecular formula is C12H12BrFN4. The third-order valence-corrected chi connectivity index (χ3v) is 3.55. The number of hydrogen-bond acceptors (Lipinski definition) is 4. The Morgan fingerprint density at radius 1 is 1.33 bits per heavy atom. The minimum Gasteiger partial charge on any atom is -0.271 e. The number of rotatable bonds is 4. The van der Waals surface area contributed by atoms with Gasteiger partial charge in [-0.15, -0.1) is 0 Å². The SMILES string of the molecule is NNC(Cc1cccc(F)c1Br)c1ccnnc1. The van der Waals surface area contributed by atoms with Crippen LogP contribution in [0.25, 0.3) is 0 Å². The highest BCUT2D eigenvalue weighted by Crippen LogP contribution is 2.25. The normalized spacial score (nSPS) is 12.4. The molecule has 2 aromatic rings. The van der Waals surface area contributed by atoms with Gasteiger partial charge in [-0.3, -0.25) is 11.3 Å². The number of hydrazine groups is 1. The molecule has 0 saturated carbocycles. The topological polar surface area (TPSA) is 63.8 Å². The van der Waals surface area contributed by atoms with Crippen LogP contribution in [0.2, 0.25) is 0 Å². The monoisotopic (exact) mass is 310 g/mol. The third-order valence-electron chi connectivity index (χ3n) is 2.67. The Hall–Kier alpha value is -1.37. The molecule has 18 heavy (non-hydrogen) atoms. The van der Waals surface area contributed by atoms with E-state index in [4.69, 9.17) is 5.84 Å². The second kappa shape index (κ2) is 5.99. The standard InChI is InChI=1S/C12H12BrFN4/c13-12-8(2-1-3-10(12)14)6-11(18-15)9-4-5-16-17-7-9/h1-5,7,11,18H,6,15H2. The maximum atomic E-state index is 13.4. The van der Waals surface area contributed by atoms with Crippen LogP contribution in [0.3, 0.4) is 0 Å². The Morgan fingerprint density at radius 2 is 2.17 bits per heavy atom. The van der Waals surface area contributed by atoms with Crippen LogP contribution in [-0.4, -0.2) is 10.2 Å². The summed E-state index contributed by atoms with van der Waals surface area (Å²) in [7, 11) is 0. The molecule has 94 valence electrons. The molecule has 0 bridgehead atoms. The minimum atomic E-state index is -0.281. The van der Waals surface area contributed by atoms with Crippen molar-refractivity contribution < 1.29 is 4.39 Å². The van der Waals surface area contributed by atoms with Crippen molar-refractivity contribution in [2.45, 2.75) is 12.5 Å². The Kier molecular flexibility index (Phi) is 4.35. The lowest BCUT2D eigenvalue weighted by atomic mass is 10.0. The fourth-order valence-corrected chi connectivity index (χ4v) is 2.13. The van der Waals surface area contributed by atoms with Crippen LogP contribution in [0, 0.1) is 5.82 Å². The molecule has 0 amide bonds. The van der Waals surface area contributed by atoms with E-state index in [1.807, 2.05) is 12.1 Å². The lowest BCUT2D eigenvalue weighted by Gasteiger charge is -2.16. The quantitative estimate of drug-likeness (QED) is 0.671. The van der Waals surface area contributed by atoms with Gasteiger partial charge in [0.05, 0.1) is 16.7 Å². The highest BCUT2D eigenvalue weighted by Gasteiger charge is 2.14. The predicted octanol–water partition coefficient (Wildman–Crippen LogP) is 2.13. The largest absolute Gasteiger partial charge is 0.271 e. The zero-order valence-corrected chi connectivity index (χ0v) is 11.1. The van der Waals surface area contributed by atoms with E-state index in [0.29, 0.717) is 10.9 Å². The first kappa shape index (κ1) is 13.1. The van der Waals surface area contributed by atoms with Crippen LogP contribution in [0.15, 0.2) is 41.1 Å². The van der Waals surface area contributed by atoms with Crippen molar-refractivity contribution in [2.75, 3.05) is 0 Å². The average Bonchev–Trinajstić information content (AvgIpc) is 2.41. The number of nitrogens with one attached hydrogen (secondary N) is 1. The van der Waals surface area contributed by atoms with Crippen LogP contribution in [-0.2, 0) is 6.42 Å². The second-order valence-corrected chi connectivity index (χ2v) is 4.61. The zero-order chi connectivity index (χ0) is 13.0. The van der Waals surface area contributed by atoms with E-state index in [1.54, 1.807) is 18.5 Å². The molecule has 1 aromatic heterocycles. The maximum absolute atomic E-state index is 13.4. The van der Waals surface area contributed by atoms with Crippen molar-refractivity contribution in [3.05, 3.63) is 58.1 Å². The van der Waals surface area contributed by atoms with Gasteiger partial charge in [0.25, 0.3) is 0 Å². The minimum absolute atomic E-state index is 0.140. The molecule has 0 spiro atoms. The first-order chi connectivity index (χ1) is 8.72. The second-order valence-electron chi connectivity index (χ2n) is 3.81. The van der Waals surface area contributed by atoms with Gasteiger partial charge in [0.15, 0.2) is 0 Å². The van der Waals surface area contributed by atoms with E-state index < -0.39 is 0 Å². The van der Waals surface area contributed by atoms with E-state index in [0.717, 1.165) is 11.1 Å². The van der Waals surface area contributed by atoms with Gasteiger partial charge in [-0.25, -0.2) is 4.39 Å². The fraction of sp³-hybridized carbons (Fsp3) is 0.167. The number of halogens is 2. The van der Waals surface area contributed by atoms with Gasteiger partial charge in [-0.1, -0.05) is 12.1 Å². The van der Waals surface area contributed by atoms with Crippen LogP contribution in [0.5, 0.6) is 0 Å².